The van der Waals surface area contributed by atoms with Crippen LogP contribution in [0.15, 0.2) is 16.7 Å². The summed E-state index contributed by atoms with van der Waals surface area (Å²) in [7, 11) is 0. The predicted molar refractivity (Wildman–Crippen MR) is 75.9 cm³/mol. The van der Waals surface area contributed by atoms with Gasteiger partial charge in [-0.15, -0.1) is 0 Å². The monoisotopic (exact) mass is 287 g/mol. The van der Waals surface area contributed by atoms with Crippen molar-refractivity contribution in [1.82, 2.24) is 20.4 Å². The van der Waals surface area contributed by atoms with Gasteiger partial charge in [-0.1, -0.05) is 5.16 Å². The van der Waals surface area contributed by atoms with Crippen molar-refractivity contribution in [2.45, 2.75) is 32.7 Å². The number of amides is 1. The Kier molecular flexibility index (Phi) is 3.66. The molecule has 1 saturated heterocycles. The molecule has 2 aromatic heterocycles. The maximum absolute atomic E-state index is 12.1. The lowest BCUT2D eigenvalue weighted by atomic mass is 10.2. The standard InChI is InChI=1S/C14H17N5O2/c1-8-6-9(2)16-11(7-8)17-13(20)12-18-14(21-19-12)10-4-3-5-15-10/h6-7,10,15H,3-5H2,1-2H3,(H,16,17,20). The number of nitrogens with zero attached hydrogens (tertiary/aromatic N) is 3. The van der Waals surface area contributed by atoms with Crippen LogP contribution in [0, 0.1) is 13.8 Å². The average Bonchev–Trinajstić information content (AvgIpc) is 3.09. The lowest BCUT2D eigenvalue weighted by molar-refractivity contribution is 0.101. The zero-order valence-corrected chi connectivity index (χ0v) is 12.0. The van der Waals surface area contributed by atoms with Gasteiger partial charge < -0.3 is 15.2 Å². The summed E-state index contributed by atoms with van der Waals surface area (Å²) in [6, 6.07) is 3.79. The fraction of sp³-hybridized carbons (Fsp3) is 0.429. The minimum Gasteiger partial charge on any atom is -0.337 e. The van der Waals surface area contributed by atoms with E-state index >= 15 is 0 Å². The molecule has 1 unspecified atom stereocenters. The Labute approximate surface area is 122 Å². The summed E-state index contributed by atoms with van der Waals surface area (Å²) in [5, 5.41) is 9.67. The van der Waals surface area contributed by atoms with Crippen LogP contribution in [-0.4, -0.2) is 27.6 Å². The molecule has 1 atom stereocenters. The van der Waals surface area contributed by atoms with E-state index in [9.17, 15) is 4.79 Å². The number of hydrogen-bond acceptors (Lipinski definition) is 6. The SMILES string of the molecule is Cc1cc(C)nc(NC(=O)c2noc(C3CCCN3)n2)c1. The van der Waals surface area contributed by atoms with Gasteiger partial charge in [-0.3, -0.25) is 4.79 Å². The van der Waals surface area contributed by atoms with Gasteiger partial charge >= 0.3 is 0 Å². The molecule has 110 valence electrons. The van der Waals surface area contributed by atoms with E-state index in [0.29, 0.717) is 11.7 Å². The van der Waals surface area contributed by atoms with Gasteiger partial charge in [0.1, 0.15) is 5.82 Å². The largest absolute Gasteiger partial charge is 0.337 e. The van der Waals surface area contributed by atoms with Crippen molar-refractivity contribution in [1.29, 1.82) is 0 Å². The molecular formula is C14H17N5O2. The molecule has 1 amide bonds. The highest BCUT2D eigenvalue weighted by Crippen LogP contribution is 2.21. The van der Waals surface area contributed by atoms with Gasteiger partial charge in [-0.25, -0.2) is 4.98 Å². The Morgan fingerprint density at radius 3 is 2.95 bits per heavy atom. The van der Waals surface area contributed by atoms with Gasteiger partial charge in [0.2, 0.25) is 5.89 Å². The number of carbonyl (C=O) groups is 1. The van der Waals surface area contributed by atoms with Gasteiger partial charge in [-0.05, 0) is 50.9 Å². The lowest BCUT2D eigenvalue weighted by Gasteiger charge is -2.04. The van der Waals surface area contributed by atoms with Crippen molar-refractivity contribution in [3.8, 4) is 0 Å². The molecule has 2 N–H and O–H groups in total. The van der Waals surface area contributed by atoms with Crippen LogP contribution in [0.25, 0.3) is 0 Å². The Morgan fingerprint density at radius 1 is 1.38 bits per heavy atom. The quantitative estimate of drug-likeness (QED) is 0.893. The third kappa shape index (κ3) is 3.08. The highest BCUT2D eigenvalue weighted by molar-refractivity contribution is 6.00. The summed E-state index contributed by atoms with van der Waals surface area (Å²) in [5.41, 5.74) is 1.87. The molecular weight excluding hydrogens is 270 g/mol. The third-order valence-electron chi connectivity index (χ3n) is 3.34. The molecule has 0 spiro atoms. The molecule has 3 rings (SSSR count). The van der Waals surface area contributed by atoms with E-state index in [1.165, 1.54) is 0 Å². The van der Waals surface area contributed by atoms with Crippen LogP contribution in [0.5, 0.6) is 0 Å². The molecule has 21 heavy (non-hydrogen) atoms. The van der Waals surface area contributed by atoms with Gasteiger partial charge in [-0.2, -0.15) is 4.98 Å². The van der Waals surface area contributed by atoms with Crippen molar-refractivity contribution in [2.24, 2.45) is 0 Å². The van der Waals surface area contributed by atoms with Crippen molar-refractivity contribution < 1.29 is 9.32 Å². The average molecular weight is 287 g/mol. The first-order chi connectivity index (χ1) is 10.1. The lowest BCUT2D eigenvalue weighted by Crippen LogP contribution is -2.16. The molecule has 0 aromatic carbocycles. The Bertz CT molecular complexity index is 641. The van der Waals surface area contributed by atoms with Gasteiger partial charge in [0.25, 0.3) is 11.7 Å². The van der Waals surface area contributed by atoms with Gasteiger partial charge in [0, 0.05) is 5.69 Å². The van der Waals surface area contributed by atoms with Crippen LogP contribution in [0.4, 0.5) is 5.82 Å². The molecule has 7 heteroatoms. The zero-order chi connectivity index (χ0) is 14.8. The van der Waals surface area contributed by atoms with Crippen molar-refractivity contribution in [3.63, 3.8) is 0 Å². The summed E-state index contributed by atoms with van der Waals surface area (Å²) in [4.78, 5) is 20.5. The van der Waals surface area contributed by atoms with Crippen LogP contribution in [0.3, 0.4) is 0 Å². The third-order valence-corrected chi connectivity index (χ3v) is 3.34. The van der Waals surface area contributed by atoms with E-state index in [4.69, 9.17) is 4.52 Å². The fourth-order valence-corrected chi connectivity index (χ4v) is 2.44. The number of aryl methyl sites for hydroxylation is 2. The van der Waals surface area contributed by atoms with Crippen LogP contribution < -0.4 is 10.6 Å². The van der Waals surface area contributed by atoms with Crippen LogP contribution in [0.1, 0.15) is 46.7 Å². The molecule has 2 aromatic rings. The van der Waals surface area contributed by atoms with E-state index in [1.54, 1.807) is 6.07 Å². The van der Waals surface area contributed by atoms with Gasteiger partial charge in [0.15, 0.2) is 0 Å². The van der Waals surface area contributed by atoms with Crippen molar-refractivity contribution >= 4 is 11.7 Å². The molecule has 1 aliphatic heterocycles. The van der Waals surface area contributed by atoms with Crippen LogP contribution in [0.2, 0.25) is 0 Å². The number of aromatic nitrogens is 3. The molecule has 0 radical (unpaired) electrons. The number of nitrogens with one attached hydrogen (secondary N) is 2. The number of anilines is 1. The summed E-state index contributed by atoms with van der Waals surface area (Å²) in [6.07, 6.45) is 2.02. The maximum atomic E-state index is 12.1. The molecule has 3 heterocycles. The minimum atomic E-state index is -0.416. The summed E-state index contributed by atoms with van der Waals surface area (Å²) in [5.74, 6) is 0.564. The number of carbonyl (C=O) groups excluding carboxylic acids is 1. The number of pyridine rings is 1. The highest BCUT2D eigenvalue weighted by Gasteiger charge is 2.24. The summed E-state index contributed by atoms with van der Waals surface area (Å²) >= 11 is 0. The first kappa shape index (κ1) is 13.7. The second-order valence-electron chi connectivity index (χ2n) is 5.23. The Morgan fingerprint density at radius 2 is 2.24 bits per heavy atom. The first-order valence-corrected chi connectivity index (χ1v) is 6.95. The van der Waals surface area contributed by atoms with E-state index in [2.05, 4.69) is 25.8 Å². The van der Waals surface area contributed by atoms with Crippen molar-refractivity contribution in [2.75, 3.05) is 11.9 Å². The molecule has 7 nitrogen and oxygen atoms in total. The van der Waals surface area contributed by atoms with E-state index in [0.717, 1.165) is 30.6 Å². The normalized spacial score (nSPS) is 17.9. The van der Waals surface area contributed by atoms with Crippen LogP contribution in [-0.2, 0) is 0 Å². The molecule has 0 aliphatic carbocycles. The predicted octanol–water partition coefficient (Wildman–Crippen LogP) is 1.76. The minimum absolute atomic E-state index is 0.0275. The molecule has 0 saturated carbocycles. The second kappa shape index (κ2) is 5.61. The first-order valence-electron chi connectivity index (χ1n) is 6.95. The summed E-state index contributed by atoms with van der Waals surface area (Å²) < 4.78 is 5.15. The van der Waals surface area contributed by atoms with Gasteiger partial charge in [0.05, 0.1) is 6.04 Å². The highest BCUT2D eigenvalue weighted by atomic mass is 16.5. The molecule has 0 bridgehead atoms. The van der Waals surface area contributed by atoms with E-state index in [1.807, 2.05) is 19.9 Å². The fourth-order valence-electron chi connectivity index (χ4n) is 2.44. The van der Waals surface area contributed by atoms with E-state index < -0.39 is 5.91 Å². The number of rotatable bonds is 3. The van der Waals surface area contributed by atoms with Crippen LogP contribution >= 0.6 is 0 Å². The zero-order valence-electron chi connectivity index (χ0n) is 12.0. The van der Waals surface area contributed by atoms with Crippen molar-refractivity contribution in [3.05, 3.63) is 35.1 Å². The Hall–Kier alpha value is -2.28. The topological polar surface area (TPSA) is 92.9 Å². The second-order valence-corrected chi connectivity index (χ2v) is 5.23. The maximum Gasteiger partial charge on any atom is 0.298 e. The molecule has 1 fully saturated rings. The summed E-state index contributed by atoms with van der Waals surface area (Å²) in [6.45, 7) is 4.75. The molecule has 1 aliphatic rings. The van der Waals surface area contributed by atoms with E-state index in [-0.39, 0.29) is 11.9 Å². The smallest absolute Gasteiger partial charge is 0.298 e. The Balaban J connectivity index is 1.73. The number of hydrogen-bond donors (Lipinski definition) is 2.